The number of pyridine rings is 1. The zero-order chi connectivity index (χ0) is 14.1. The molecule has 19 heavy (non-hydrogen) atoms. The molecule has 0 radical (unpaired) electrons. The molecule has 7 heteroatoms. The molecule has 1 aromatic rings. The Morgan fingerprint density at radius 3 is 2.58 bits per heavy atom. The van der Waals surface area contributed by atoms with Crippen LogP contribution in [0.1, 0.15) is 5.56 Å². The summed E-state index contributed by atoms with van der Waals surface area (Å²) in [5.41, 5.74) is 0.925. The quantitative estimate of drug-likeness (QED) is 0.686. The Bertz CT molecular complexity index is 450. The Kier molecular flexibility index (Phi) is 6.93. The van der Waals surface area contributed by atoms with E-state index >= 15 is 0 Å². The highest BCUT2D eigenvalue weighted by atomic mass is 32.2. The topological polar surface area (TPSA) is 79.7 Å². The lowest BCUT2D eigenvalue weighted by molar-refractivity contribution is 0.168. The smallest absolute Gasteiger partial charge is 0.214 e. The van der Waals surface area contributed by atoms with Crippen LogP contribution in [0.5, 0.6) is 0 Å². The van der Waals surface area contributed by atoms with Crippen molar-refractivity contribution in [2.24, 2.45) is 0 Å². The standard InChI is InChI=1S/C12H20N2O4S/c1-18-10-8-14(7-9-15)19(16,17)11-4-12-2-5-13-6-3-12/h2-3,5-6,15H,4,7-11H2,1H3. The second-order valence-corrected chi connectivity index (χ2v) is 6.13. The fraction of sp³-hybridized carbons (Fsp3) is 0.583. The first-order chi connectivity index (χ1) is 9.10. The van der Waals surface area contributed by atoms with E-state index in [0.717, 1.165) is 5.56 Å². The van der Waals surface area contributed by atoms with Crippen LogP contribution in [0.15, 0.2) is 24.5 Å². The number of sulfonamides is 1. The molecule has 0 bridgehead atoms. The van der Waals surface area contributed by atoms with Crippen LogP contribution in [0.25, 0.3) is 0 Å². The monoisotopic (exact) mass is 288 g/mol. The van der Waals surface area contributed by atoms with E-state index in [1.165, 1.54) is 11.4 Å². The minimum Gasteiger partial charge on any atom is -0.395 e. The Morgan fingerprint density at radius 2 is 2.00 bits per heavy atom. The number of rotatable bonds is 9. The maximum atomic E-state index is 12.1. The Balaban J connectivity index is 2.61. The third-order valence-electron chi connectivity index (χ3n) is 2.69. The summed E-state index contributed by atoms with van der Waals surface area (Å²) in [4.78, 5) is 3.89. The van der Waals surface area contributed by atoms with Crippen LogP contribution >= 0.6 is 0 Å². The van der Waals surface area contributed by atoms with Gasteiger partial charge in [0, 0.05) is 32.6 Å². The second kappa shape index (κ2) is 8.21. The van der Waals surface area contributed by atoms with Crippen LogP contribution in [0.4, 0.5) is 0 Å². The minimum atomic E-state index is -3.38. The number of aliphatic hydroxyl groups is 1. The highest BCUT2D eigenvalue weighted by molar-refractivity contribution is 7.89. The van der Waals surface area contributed by atoms with Crippen molar-refractivity contribution < 1.29 is 18.3 Å². The molecule has 0 saturated carbocycles. The molecule has 1 rings (SSSR count). The van der Waals surface area contributed by atoms with Crippen LogP contribution in [-0.4, -0.2) is 62.0 Å². The number of methoxy groups -OCH3 is 1. The number of aryl methyl sites for hydroxylation is 1. The highest BCUT2D eigenvalue weighted by Crippen LogP contribution is 2.06. The van der Waals surface area contributed by atoms with Gasteiger partial charge in [-0.25, -0.2) is 8.42 Å². The molecule has 1 heterocycles. The third kappa shape index (κ3) is 5.65. The van der Waals surface area contributed by atoms with E-state index < -0.39 is 10.0 Å². The lowest BCUT2D eigenvalue weighted by atomic mass is 10.2. The van der Waals surface area contributed by atoms with E-state index in [4.69, 9.17) is 9.84 Å². The van der Waals surface area contributed by atoms with Crippen molar-refractivity contribution in [1.29, 1.82) is 0 Å². The first kappa shape index (κ1) is 16.0. The number of aromatic nitrogens is 1. The second-order valence-electron chi connectivity index (χ2n) is 4.04. The van der Waals surface area contributed by atoms with Gasteiger partial charge in [-0.1, -0.05) is 0 Å². The largest absolute Gasteiger partial charge is 0.395 e. The molecule has 0 amide bonds. The predicted octanol–water partition coefficient (Wildman–Crippen LogP) is -0.105. The van der Waals surface area contributed by atoms with E-state index in [1.54, 1.807) is 24.5 Å². The third-order valence-corrected chi connectivity index (χ3v) is 4.56. The summed E-state index contributed by atoms with van der Waals surface area (Å²) in [7, 11) is -1.87. The van der Waals surface area contributed by atoms with Gasteiger partial charge < -0.3 is 9.84 Å². The van der Waals surface area contributed by atoms with E-state index in [9.17, 15) is 8.42 Å². The van der Waals surface area contributed by atoms with E-state index in [1.807, 2.05) is 0 Å². The van der Waals surface area contributed by atoms with Gasteiger partial charge in [0.25, 0.3) is 0 Å². The maximum Gasteiger partial charge on any atom is 0.214 e. The Hall–Kier alpha value is -1.02. The fourth-order valence-corrected chi connectivity index (χ4v) is 3.08. The number of hydrogen-bond donors (Lipinski definition) is 1. The molecule has 0 spiro atoms. The summed E-state index contributed by atoms with van der Waals surface area (Å²) < 4.78 is 30.4. The Morgan fingerprint density at radius 1 is 1.32 bits per heavy atom. The molecule has 0 aromatic carbocycles. The van der Waals surface area contributed by atoms with Crippen molar-refractivity contribution in [3.63, 3.8) is 0 Å². The van der Waals surface area contributed by atoms with Crippen LogP contribution in [0.2, 0.25) is 0 Å². The molecule has 1 N–H and O–H groups in total. The SMILES string of the molecule is COCCN(CCO)S(=O)(=O)CCc1ccncc1. The molecular formula is C12H20N2O4S. The van der Waals surface area contributed by atoms with Gasteiger partial charge in [-0.2, -0.15) is 4.31 Å². The highest BCUT2D eigenvalue weighted by Gasteiger charge is 2.20. The van der Waals surface area contributed by atoms with Crippen molar-refractivity contribution in [3.05, 3.63) is 30.1 Å². The average Bonchev–Trinajstić information content (AvgIpc) is 2.42. The first-order valence-electron chi connectivity index (χ1n) is 6.06. The fourth-order valence-electron chi connectivity index (χ4n) is 1.62. The lowest BCUT2D eigenvalue weighted by Gasteiger charge is -2.20. The van der Waals surface area contributed by atoms with E-state index in [0.29, 0.717) is 13.0 Å². The average molecular weight is 288 g/mol. The molecular weight excluding hydrogens is 268 g/mol. The van der Waals surface area contributed by atoms with Gasteiger partial charge in [-0.05, 0) is 24.1 Å². The summed E-state index contributed by atoms with van der Waals surface area (Å²) in [5.74, 6) is 0.0146. The Labute approximate surface area is 114 Å². The molecule has 0 saturated heterocycles. The zero-order valence-corrected chi connectivity index (χ0v) is 11.8. The van der Waals surface area contributed by atoms with Crippen molar-refractivity contribution in [1.82, 2.24) is 9.29 Å². The van der Waals surface area contributed by atoms with Crippen molar-refractivity contribution in [3.8, 4) is 0 Å². The minimum absolute atomic E-state index is 0.0146. The van der Waals surface area contributed by atoms with Gasteiger partial charge in [0.05, 0.1) is 19.0 Å². The molecule has 0 aliphatic heterocycles. The summed E-state index contributed by atoms with van der Waals surface area (Å²) in [6.45, 7) is 0.477. The number of aliphatic hydroxyl groups excluding tert-OH is 1. The zero-order valence-electron chi connectivity index (χ0n) is 11.0. The normalized spacial score (nSPS) is 11.9. The number of hydrogen-bond acceptors (Lipinski definition) is 5. The summed E-state index contributed by atoms with van der Waals surface area (Å²) in [5, 5.41) is 8.93. The van der Waals surface area contributed by atoms with Crippen molar-refractivity contribution in [2.45, 2.75) is 6.42 Å². The summed E-state index contributed by atoms with van der Waals surface area (Å²) >= 11 is 0. The summed E-state index contributed by atoms with van der Waals surface area (Å²) in [6.07, 6.45) is 3.70. The van der Waals surface area contributed by atoms with E-state index in [2.05, 4.69) is 4.98 Å². The molecule has 6 nitrogen and oxygen atoms in total. The van der Waals surface area contributed by atoms with Gasteiger partial charge in [0.2, 0.25) is 10.0 Å². The molecule has 108 valence electrons. The molecule has 0 atom stereocenters. The molecule has 0 fully saturated rings. The van der Waals surface area contributed by atoms with Crippen LogP contribution in [0.3, 0.4) is 0 Å². The van der Waals surface area contributed by atoms with Crippen LogP contribution < -0.4 is 0 Å². The van der Waals surface area contributed by atoms with Crippen LogP contribution in [0, 0.1) is 0 Å². The first-order valence-corrected chi connectivity index (χ1v) is 7.67. The van der Waals surface area contributed by atoms with Crippen LogP contribution in [-0.2, 0) is 21.2 Å². The van der Waals surface area contributed by atoms with Gasteiger partial charge in [-0.3, -0.25) is 4.98 Å². The van der Waals surface area contributed by atoms with Crippen molar-refractivity contribution in [2.75, 3.05) is 39.2 Å². The lowest BCUT2D eigenvalue weighted by Crippen LogP contribution is -2.38. The summed E-state index contributed by atoms with van der Waals surface area (Å²) in [6, 6.07) is 3.59. The molecule has 1 aromatic heterocycles. The molecule has 0 aliphatic carbocycles. The number of ether oxygens (including phenoxy) is 1. The number of nitrogens with zero attached hydrogens (tertiary/aromatic N) is 2. The molecule has 0 aliphatic rings. The van der Waals surface area contributed by atoms with E-state index in [-0.39, 0.29) is 25.4 Å². The maximum absolute atomic E-state index is 12.1. The van der Waals surface area contributed by atoms with Gasteiger partial charge >= 0.3 is 0 Å². The van der Waals surface area contributed by atoms with Gasteiger partial charge in [0.1, 0.15) is 0 Å². The van der Waals surface area contributed by atoms with Gasteiger partial charge in [-0.15, -0.1) is 0 Å². The molecule has 0 unspecified atom stereocenters. The van der Waals surface area contributed by atoms with Crippen molar-refractivity contribution >= 4 is 10.0 Å². The predicted molar refractivity (Wildman–Crippen MR) is 72.3 cm³/mol. The van der Waals surface area contributed by atoms with Gasteiger partial charge in [0.15, 0.2) is 0 Å².